The van der Waals surface area contributed by atoms with E-state index in [1.807, 2.05) is 18.7 Å². The molecule has 0 saturated carbocycles. The number of esters is 1. The van der Waals surface area contributed by atoms with Gasteiger partial charge in [-0.05, 0) is 61.9 Å². The number of phenols is 2. The topological polar surface area (TPSA) is 416 Å². The van der Waals surface area contributed by atoms with Crippen LogP contribution in [0.25, 0.3) is 33.3 Å². The van der Waals surface area contributed by atoms with E-state index < -0.39 is 165 Å². The molecule has 5 heterocycles. The molecule has 30 heteroatoms. The first-order chi connectivity index (χ1) is 54.1. The number of ether oxygens (including phenoxy) is 5. The van der Waals surface area contributed by atoms with Crippen molar-refractivity contribution in [3.8, 4) is 28.7 Å². The van der Waals surface area contributed by atoms with Gasteiger partial charge in [0.2, 0.25) is 23.2 Å². The number of aliphatic hydroxyl groups excluding tert-OH is 2. The third-order valence-corrected chi connectivity index (χ3v) is 21.3. The average molecular weight is 1570 g/mol. The minimum Gasteiger partial charge on any atom is -0.507 e. The Morgan fingerprint density at radius 3 is 2.11 bits per heavy atom. The molecule has 4 aromatic carbocycles. The van der Waals surface area contributed by atoms with Crippen molar-refractivity contribution in [2.45, 2.75) is 164 Å². The number of amides is 7. The number of hydrogen-bond acceptors (Lipinski definition) is 24. The van der Waals surface area contributed by atoms with Crippen molar-refractivity contribution in [1.82, 2.24) is 25.4 Å². The number of hydrogen-bond donors (Lipinski definition) is 8. The summed E-state index contributed by atoms with van der Waals surface area (Å²) in [7, 11) is 1.41. The minimum absolute atomic E-state index is 0.0272. The standard InChI is InChI=1S/C84H98N8O22/c1-43(2)37-56(86-64(98)29-31-92-65(99)27-28-66(92)100)59(95)38-46(5)82(107)87-57(39-52-19-14-13-15-20-52)58(94)25-26-63(97)85-54-23-21-53(22-24-54)42-110-83(108)91-34-32-90(33-35-91)55-40-60(96)70-62(41-55)113-79-71(88-70)67-68-75(103)50(9)78-69(67)80(105)84(11,114-78)111-36-30-61(109-12)47(6)77(112-51(10)93)49(8)74(102)48(7)73(101)44(3)17-16-18-45(4)81(106)89-72(79)76(68)104/h13-24,27-28,30,36,40-41,43-44,46-49,56-57,61,73-74,77,96,101-103H,25-26,29,31-35,37-39,42H2,1-12H3,(H,85,97)(H,86,98)(H,87,107)(H,89,106)/b17-16+,36-30+,45-18-/t44-,46+,47+,48+,49+,56-,57-,61-,73-,74+,77+,84-/m0/s1. The lowest BCUT2D eigenvalue weighted by atomic mass is 9.78. The molecule has 1 fully saturated rings. The van der Waals surface area contributed by atoms with Gasteiger partial charge in [-0.15, -0.1) is 0 Å². The molecule has 4 bridgehead atoms. The average Bonchev–Trinajstić information content (AvgIpc) is 1.53. The van der Waals surface area contributed by atoms with Crippen LogP contribution in [0.15, 0.2) is 124 Å². The number of carbonyl (C=O) groups excluding carboxylic acids is 11. The summed E-state index contributed by atoms with van der Waals surface area (Å²) in [5.74, 6) is -13.3. The summed E-state index contributed by atoms with van der Waals surface area (Å²) >= 11 is 0. The van der Waals surface area contributed by atoms with Crippen LogP contribution in [0.4, 0.5) is 21.9 Å². The maximum absolute atomic E-state index is 15.2. The van der Waals surface area contributed by atoms with Crippen LogP contribution in [-0.2, 0) is 75.1 Å². The third kappa shape index (κ3) is 19.3. The number of aromatic hydroxyl groups is 2. The van der Waals surface area contributed by atoms with Crippen molar-refractivity contribution >= 4 is 104 Å². The number of aliphatic hydroxyl groups is 2. The lowest BCUT2D eigenvalue weighted by Crippen LogP contribution is -2.48. The largest absolute Gasteiger partial charge is 0.507 e. The van der Waals surface area contributed by atoms with E-state index in [9.17, 15) is 68.4 Å². The summed E-state index contributed by atoms with van der Waals surface area (Å²) in [4.78, 5) is 171. The van der Waals surface area contributed by atoms with Gasteiger partial charge in [0.1, 0.15) is 46.9 Å². The minimum atomic E-state index is -2.18. The van der Waals surface area contributed by atoms with E-state index in [0.29, 0.717) is 16.9 Å². The Balaban J connectivity index is 0.796. The van der Waals surface area contributed by atoms with Gasteiger partial charge in [0.05, 0.1) is 47.6 Å². The molecule has 5 aliphatic heterocycles. The lowest BCUT2D eigenvalue weighted by Gasteiger charge is -2.38. The van der Waals surface area contributed by atoms with Gasteiger partial charge in [0, 0.05) is 161 Å². The zero-order valence-corrected chi connectivity index (χ0v) is 65.7. The van der Waals surface area contributed by atoms with Crippen LogP contribution in [0.2, 0.25) is 0 Å². The van der Waals surface area contributed by atoms with Gasteiger partial charge in [-0.25, -0.2) is 9.78 Å². The molecule has 12 atom stereocenters. The SMILES string of the molecule is CO[C@H]1/C=C/O[C@@]2(C)Oc3c(C)c(O)c4c(=O)c(c5oc6cc(N7CCN(C(=O)OCc8ccc(NC(=O)CCC(=O)[C@H](Cc9ccccc9)NC(=O)[C@H](C)CC(=O)[C@H](CC(C)C)NC(=O)CCN9C(=O)C=CC9=O)cc8)CC7)cc(O)c6nc-5c4c3C2=O)NC(=O)/C(C)=C\C=C\[C@H](C)[C@H](O)[C@@H](C)[C@@H](O)[C@@H](C)[C@H](OC(C)=O)[C@@H]1C. The van der Waals surface area contributed by atoms with Crippen LogP contribution in [-0.4, -0.2) is 182 Å². The molecule has 0 aromatic heterocycles. The summed E-state index contributed by atoms with van der Waals surface area (Å²) in [6, 6.07) is 16.4. The summed E-state index contributed by atoms with van der Waals surface area (Å²) < 4.78 is 36.3. The molecule has 1 aliphatic carbocycles. The van der Waals surface area contributed by atoms with E-state index in [-0.39, 0.29) is 134 Å². The highest BCUT2D eigenvalue weighted by atomic mass is 16.7. The van der Waals surface area contributed by atoms with Crippen LogP contribution in [0.5, 0.6) is 17.2 Å². The number of phenolic OH excluding ortho intramolecular Hbond substituents is 2. The van der Waals surface area contributed by atoms with Crippen molar-refractivity contribution in [3.63, 3.8) is 0 Å². The van der Waals surface area contributed by atoms with Crippen LogP contribution in [0, 0.1) is 42.4 Å². The summed E-state index contributed by atoms with van der Waals surface area (Å²) in [6.07, 6.45) is 3.98. The van der Waals surface area contributed by atoms with Crippen molar-refractivity contribution in [1.29, 1.82) is 0 Å². The number of fused-ring (bicyclic) bond motifs is 2. The maximum atomic E-state index is 15.2. The molecule has 0 radical (unpaired) electrons. The number of anilines is 3. The van der Waals surface area contributed by atoms with Crippen LogP contribution in [0.1, 0.15) is 128 Å². The Hall–Kier alpha value is -11.6. The van der Waals surface area contributed by atoms with E-state index in [1.165, 1.54) is 70.9 Å². The molecule has 0 spiro atoms. The predicted molar refractivity (Wildman–Crippen MR) is 419 cm³/mol. The molecular formula is C84H98N8O22. The van der Waals surface area contributed by atoms with Gasteiger partial charge < -0.3 is 79.6 Å². The second kappa shape index (κ2) is 36.5. The Morgan fingerprint density at radius 2 is 1.46 bits per heavy atom. The van der Waals surface area contributed by atoms with E-state index in [2.05, 4.69) is 21.3 Å². The number of piperazine rings is 1. The van der Waals surface area contributed by atoms with Gasteiger partial charge in [-0.2, -0.15) is 0 Å². The van der Waals surface area contributed by atoms with Crippen molar-refractivity contribution in [2.24, 2.45) is 35.5 Å². The number of rotatable bonds is 23. The maximum Gasteiger partial charge on any atom is 0.410 e. The van der Waals surface area contributed by atoms with Crippen molar-refractivity contribution < 1.29 is 101 Å². The zero-order chi connectivity index (χ0) is 82.9. The summed E-state index contributed by atoms with van der Waals surface area (Å²) in [6.45, 7) is 18.0. The normalized spacial score (nSPS) is 23.3. The fourth-order valence-corrected chi connectivity index (χ4v) is 14.6. The molecule has 606 valence electrons. The highest BCUT2D eigenvalue weighted by Gasteiger charge is 2.50. The Bertz CT molecular complexity index is 4850. The number of methoxy groups -OCH3 is 1. The number of allylic oxidation sites excluding steroid dienone is 2. The molecule has 1 saturated heterocycles. The number of nitrogens with zero attached hydrogens (tertiary/aromatic N) is 4. The Kier molecular flexibility index (Phi) is 27.1. The number of benzene rings is 5. The lowest BCUT2D eigenvalue weighted by molar-refractivity contribution is -0.160. The van der Waals surface area contributed by atoms with E-state index in [0.717, 1.165) is 28.9 Å². The molecule has 30 nitrogen and oxygen atoms in total. The molecule has 7 amide bonds. The van der Waals surface area contributed by atoms with E-state index in [1.54, 1.807) is 94.4 Å². The summed E-state index contributed by atoms with van der Waals surface area (Å²) in [5.41, 5.74) is -0.0537. The third-order valence-electron chi connectivity index (χ3n) is 21.3. The number of nitrogens with one attached hydrogen (secondary N) is 4. The van der Waals surface area contributed by atoms with E-state index >= 15 is 9.59 Å². The zero-order valence-electron chi connectivity index (χ0n) is 65.7. The predicted octanol–water partition coefficient (Wildman–Crippen LogP) is 8.57. The quantitative estimate of drug-likeness (QED) is 0.0129. The van der Waals surface area contributed by atoms with Gasteiger partial charge in [0.25, 0.3) is 23.5 Å². The smallest absolute Gasteiger partial charge is 0.410 e. The number of Topliss-reactive ketones (excluding diaryl/α,β-unsaturated/α-hetero) is 3. The number of imide groups is 1. The molecule has 10 rings (SSSR count). The first-order valence-electron chi connectivity index (χ1n) is 38.0. The molecule has 6 aliphatic rings. The molecule has 0 unspecified atom stereocenters. The van der Waals surface area contributed by atoms with E-state index in [4.69, 9.17) is 33.1 Å². The monoisotopic (exact) mass is 1570 g/mol. The highest BCUT2D eigenvalue weighted by molar-refractivity contribution is 6.22. The number of aromatic nitrogens is 1. The highest BCUT2D eigenvalue weighted by Crippen LogP contribution is 2.51. The van der Waals surface area contributed by atoms with Gasteiger partial charge in [-0.3, -0.25) is 57.6 Å². The summed E-state index contributed by atoms with van der Waals surface area (Å²) in [5, 5.41) is 57.5. The van der Waals surface area contributed by atoms with Gasteiger partial charge >= 0.3 is 17.8 Å². The number of carbonyl (C=O) groups is 11. The fourth-order valence-electron chi connectivity index (χ4n) is 14.6. The van der Waals surface area contributed by atoms with Crippen molar-refractivity contribution in [3.05, 3.63) is 147 Å². The second-order valence-corrected chi connectivity index (χ2v) is 30.3. The Labute approximate surface area is 658 Å². The molecular weight excluding hydrogens is 1470 g/mol. The fraction of sp³-hybridized carbons (Fsp3) is 0.440. The second-order valence-electron chi connectivity index (χ2n) is 30.3. The van der Waals surface area contributed by atoms with Crippen molar-refractivity contribution in [2.75, 3.05) is 55.4 Å². The van der Waals surface area contributed by atoms with Crippen LogP contribution < -0.4 is 36.3 Å². The molecule has 8 N–H and O–H groups in total. The van der Waals surface area contributed by atoms with Gasteiger partial charge in [-0.1, -0.05) is 109 Å². The number of ketones is 3. The Morgan fingerprint density at radius 1 is 0.772 bits per heavy atom. The first-order valence-corrected chi connectivity index (χ1v) is 38.0. The van der Waals surface area contributed by atoms with Crippen LogP contribution in [0.3, 0.4) is 0 Å². The molecule has 114 heavy (non-hydrogen) atoms. The van der Waals surface area contributed by atoms with Crippen LogP contribution >= 0.6 is 0 Å². The van der Waals surface area contributed by atoms with Gasteiger partial charge in [0.15, 0.2) is 22.9 Å². The first kappa shape index (κ1) is 84.8. The molecule has 4 aromatic rings.